The summed E-state index contributed by atoms with van der Waals surface area (Å²) in [5.41, 5.74) is 1.61. The quantitative estimate of drug-likeness (QED) is 0.757. The molecule has 0 aromatic carbocycles. The summed E-state index contributed by atoms with van der Waals surface area (Å²) >= 11 is 1.56. The number of hydrogen-bond acceptors (Lipinski definition) is 6. The minimum absolute atomic E-state index is 0.121. The minimum Gasteiger partial charge on any atom is -0.475 e. The van der Waals surface area contributed by atoms with E-state index < -0.39 is 12.1 Å². The molecule has 2 aromatic heterocycles. The standard InChI is InChI=1S/C17H19N3O2S.C2HF3O2/c21-16(13-3-7-23-11-13)20-6-4-17(12-20)8-15(10-22-17)19-14-2-1-5-18-9-14;3-2(4,5)1(6)7/h1-3,5,7,9,11,15,19H,4,6,8,10,12H2;(H,6,7). The van der Waals surface area contributed by atoms with Crippen LogP contribution in [0, 0.1) is 0 Å². The summed E-state index contributed by atoms with van der Waals surface area (Å²) in [4.78, 5) is 27.4. The van der Waals surface area contributed by atoms with Crippen LogP contribution in [0.15, 0.2) is 41.4 Å². The highest BCUT2D eigenvalue weighted by molar-refractivity contribution is 7.08. The Morgan fingerprint density at radius 3 is 2.73 bits per heavy atom. The number of amides is 1. The first kappa shape index (κ1) is 22.0. The molecule has 1 amide bonds. The Bertz CT molecular complexity index is 864. The number of alkyl halides is 3. The number of carbonyl (C=O) groups excluding carboxylic acids is 1. The van der Waals surface area contributed by atoms with Gasteiger partial charge in [0.15, 0.2) is 0 Å². The summed E-state index contributed by atoms with van der Waals surface area (Å²) in [5.74, 6) is -2.64. The number of ether oxygens (including phenoxy) is 1. The molecule has 162 valence electrons. The van der Waals surface area contributed by atoms with E-state index in [0.29, 0.717) is 13.2 Å². The lowest BCUT2D eigenvalue weighted by atomic mass is 9.97. The van der Waals surface area contributed by atoms with Gasteiger partial charge in [-0.1, -0.05) is 0 Å². The maximum absolute atomic E-state index is 12.5. The van der Waals surface area contributed by atoms with E-state index in [2.05, 4.69) is 10.3 Å². The Morgan fingerprint density at radius 1 is 1.37 bits per heavy atom. The average Bonchev–Trinajstić information content (AvgIpc) is 3.45. The van der Waals surface area contributed by atoms with E-state index in [1.54, 1.807) is 17.5 Å². The molecule has 0 aliphatic carbocycles. The van der Waals surface area contributed by atoms with Crippen molar-refractivity contribution in [2.75, 3.05) is 25.0 Å². The average molecular weight is 443 g/mol. The van der Waals surface area contributed by atoms with Crippen LogP contribution in [0.2, 0.25) is 0 Å². The normalized spacial score (nSPS) is 23.2. The number of carboxylic acid groups (broad SMARTS) is 1. The van der Waals surface area contributed by atoms with Crippen LogP contribution < -0.4 is 5.32 Å². The molecule has 4 rings (SSSR count). The number of halogens is 3. The van der Waals surface area contributed by atoms with E-state index in [0.717, 1.165) is 30.6 Å². The molecular weight excluding hydrogens is 423 g/mol. The zero-order valence-electron chi connectivity index (χ0n) is 15.8. The zero-order valence-corrected chi connectivity index (χ0v) is 16.6. The molecule has 0 radical (unpaired) electrons. The summed E-state index contributed by atoms with van der Waals surface area (Å²) in [5, 5.41) is 14.5. The summed E-state index contributed by atoms with van der Waals surface area (Å²) in [6.07, 6.45) is 0.345. The molecule has 2 aromatic rings. The van der Waals surface area contributed by atoms with E-state index >= 15 is 0 Å². The number of carbonyl (C=O) groups is 2. The SMILES string of the molecule is O=C(O)C(F)(F)F.O=C(c1ccsc1)N1CCC2(CC(Nc3cccnc3)CO2)C1. The number of hydrogen-bond donors (Lipinski definition) is 2. The van der Waals surface area contributed by atoms with Gasteiger partial charge in [-0.25, -0.2) is 4.79 Å². The number of aliphatic carboxylic acids is 1. The van der Waals surface area contributed by atoms with Crippen molar-refractivity contribution in [3.63, 3.8) is 0 Å². The van der Waals surface area contributed by atoms with E-state index in [1.807, 2.05) is 40.1 Å². The van der Waals surface area contributed by atoms with Gasteiger partial charge in [0.05, 0.1) is 36.0 Å². The number of carboxylic acids is 1. The molecule has 7 nitrogen and oxygen atoms in total. The smallest absolute Gasteiger partial charge is 0.475 e. The van der Waals surface area contributed by atoms with Crippen LogP contribution >= 0.6 is 11.3 Å². The molecule has 0 bridgehead atoms. The molecule has 2 aliphatic heterocycles. The van der Waals surface area contributed by atoms with Gasteiger partial charge in [-0.3, -0.25) is 9.78 Å². The third-order valence-electron chi connectivity index (χ3n) is 4.86. The first-order valence-corrected chi connectivity index (χ1v) is 10.0. The molecule has 30 heavy (non-hydrogen) atoms. The molecule has 2 aliphatic rings. The van der Waals surface area contributed by atoms with Gasteiger partial charge in [0.25, 0.3) is 5.91 Å². The number of likely N-dealkylation sites (tertiary alicyclic amines) is 1. The molecule has 0 saturated carbocycles. The third-order valence-corrected chi connectivity index (χ3v) is 5.54. The zero-order chi connectivity index (χ0) is 21.8. The number of nitrogens with one attached hydrogen (secondary N) is 1. The van der Waals surface area contributed by atoms with Gasteiger partial charge in [0.2, 0.25) is 0 Å². The molecule has 11 heteroatoms. The number of anilines is 1. The first-order chi connectivity index (χ1) is 14.2. The van der Waals surface area contributed by atoms with Crippen molar-refractivity contribution in [3.8, 4) is 0 Å². The van der Waals surface area contributed by atoms with Crippen LogP contribution in [-0.2, 0) is 9.53 Å². The molecule has 4 heterocycles. The highest BCUT2D eigenvalue weighted by Crippen LogP contribution is 2.36. The maximum atomic E-state index is 12.5. The minimum atomic E-state index is -5.08. The topological polar surface area (TPSA) is 91.8 Å². The maximum Gasteiger partial charge on any atom is 0.490 e. The fourth-order valence-corrected chi connectivity index (χ4v) is 4.12. The number of pyridine rings is 1. The number of aromatic nitrogens is 1. The highest BCUT2D eigenvalue weighted by Gasteiger charge is 2.46. The molecular formula is C19H20F3N3O4S. The van der Waals surface area contributed by atoms with Crippen LogP contribution in [-0.4, -0.2) is 64.4 Å². The van der Waals surface area contributed by atoms with Gasteiger partial charge in [-0.2, -0.15) is 24.5 Å². The predicted octanol–water partition coefficient (Wildman–Crippen LogP) is 3.26. The Hall–Kier alpha value is -2.66. The first-order valence-electron chi connectivity index (χ1n) is 9.11. The van der Waals surface area contributed by atoms with Crippen LogP contribution in [0.5, 0.6) is 0 Å². The van der Waals surface area contributed by atoms with Gasteiger partial charge in [0, 0.05) is 30.7 Å². The van der Waals surface area contributed by atoms with Gasteiger partial charge >= 0.3 is 12.1 Å². The van der Waals surface area contributed by atoms with Crippen molar-refractivity contribution in [3.05, 3.63) is 46.9 Å². The van der Waals surface area contributed by atoms with Gasteiger partial charge < -0.3 is 20.1 Å². The second-order valence-electron chi connectivity index (χ2n) is 7.07. The van der Waals surface area contributed by atoms with Crippen molar-refractivity contribution in [2.45, 2.75) is 30.7 Å². The number of nitrogens with zero attached hydrogens (tertiary/aromatic N) is 2. The molecule has 2 N–H and O–H groups in total. The molecule has 2 fully saturated rings. The summed E-state index contributed by atoms with van der Waals surface area (Å²) in [6, 6.07) is 6.10. The lowest BCUT2D eigenvalue weighted by Crippen LogP contribution is -2.36. The Labute approximate surface area is 174 Å². The summed E-state index contributed by atoms with van der Waals surface area (Å²) in [7, 11) is 0. The van der Waals surface area contributed by atoms with E-state index in [9.17, 15) is 18.0 Å². The fourth-order valence-electron chi connectivity index (χ4n) is 3.49. The second-order valence-corrected chi connectivity index (χ2v) is 7.85. The highest BCUT2D eigenvalue weighted by atomic mass is 32.1. The van der Waals surface area contributed by atoms with E-state index in [1.165, 1.54) is 0 Å². The lowest BCUT2D eigenvalue weighted by Gasteiger charge is -2.23. The number of rotatable bonds is 3. The monoisotopic (exact) mass is 443 g/mol. The van der Waals surface area contributed by atoms with Gasteiger partial charge in [-0.15, -0.1) is 0 Å². The molecule has 2 atom stereocenters. The van der Waals surface area contributed by atoms with Crippen molar-refractivity contribution in [1.29, 1.82) is 0 Å². The van der Waals surface area contributed by atoms with Gasteiger partial charge in [-0.05, 0) is 30.0 Å². The lowest BCUT2D eigenvalue weighted by molar-refractivity contribution is -0.192. The van der Waals surface area contributed by atoms with E-state index in [-0.39, 0.29) is 17.6 Å². The van der Waals surface area contributed by atoms with Crippen molar-refractivity contribution < 1.29 is 32.6 Å². The van der Waals surface area contributed by atoms with Crippen LogP contribution in [0.25, 0.3) is 0 Å². The molecule has 2 saturated heterocycles. The third kappa shape index (κ3) is 5.48. The van der Waals surface area contributed by atoms with Crippen LogP contribution in [0.3, 0.4) is 0 Å². The van der Waals surface area contributed by atoms with E-state index in [4.69, 9.17) is 14.6 Å². The van der Waals surface area contributed by atoms with Crippen LogP contribution in [0.4, 0.5) is 18.9 Å². The molecule has 1 spiro atoms. The van der Waals surface area contributed by atoms with Gasteiger partial charge in [0.1, 0.15) is 0 Å². The summed E-state index contributed by atoms with van der Waals surface area (Å²) in [6.45, 7) is 2.14. The largest absolute Gasteiger partial charge is 0.490 e. The molecule has 2 unspecified atom stereocenters. The Balaban J connectivity index is 0.000000318. The number of thiophene rings is 1. The van der Waals surface area contributed by atoms with Crippen LogP contribution in [0.1, 0.15) is 23.2 Å². The fraction of sp³-hybridized carbons (Fsp3) is 0.421. The van der Waals surface area contributed by atoms with Crippen molar-refractivity contribution in [2.24, 2.45) is 0 Å². The van der Waals surface area contributed by atoms with Crippen molar-refractivity contribution >= 4 is 28.9 Å². The predicted molar refractivity (Wildman–Crippen MR) is 103 cm³/mol. The summed E-state index contributed by atoms with van der Waals surface area (Å²) < 4.78 is 37.8. The van der Waals surface area contributed by atoms with Crippen molar-refractivity contribution in [1.82, 2.24) is 9.88 Å². The Morgan fingerprint density at radius 2 is 2.13 bits per heavy atom. The Kier molecular flexibility index (Phi) is 6.61. The second kappa shape index (κ2) is 9.00.